The van der Waals surface area contributed by atoms with Gasteiger partial charge in [-0.25, -0.2) is 9.78 Å². The molecule has 230 valence electrons. The minimum absolute atomic E-state index is 0.0438. The van der Waals surface area contributed by atoms with E-state index in [-0.39, 0.29) is 30.9 Å². The van der Waals surface area contributed by atoms with Crippen LogP contribution in [0.3, 0.4) is 0 Å². The molecule has 3 aromatic carbocycles. The van der Waals surface area contributed by atoms with E-state index in [1.54, 1.807) is 37.4 Å². The first-order valence-electron chi connectivity index (χ1n) is 14.4. The van der Waals surface area contributed by atoms with Gasteiger partial charge in [-0.3, -0.25) is 9.59 Å². The maximum absolute atomic E-state index is 14.2. The number of rotatable bonds is 13. The second-order valence-electron chi connectivity index (χ2n) is 11.3. The summed E-state index contributed by atoms with van der Waals surface area (Å²) in [6.07, 6.45) is 2.45. The molecule has 9 nitrogen and oxygen atoms in total. The zero-order chi connectivity index (χ0) is 31.5. The molecule has 4 rings (SSSR count). The van der Waals surface area contributed by atoms with Crippen molar-refractivity contribution < 1.29 is 19.1 Å². The van der Waals surface area contributed by atoms with Crippen molar-refractivity contribution in [3.8, 4) is 0 Å². The van der Waals surface area contributed by atoms with Gasteiger partial charge < -0.3 is 25.3 Å². The molecule has 0 aliphatic heterocycles. The maximum Gasteiger partial charge on any atom is 0.408 e. The van der Waals surface area contributed by atoms with E-state index in [2.05, 4.69) is 34.4 Å². The Morgan fingerprint density at radius 2 is 1.61 bits per heavy atom. The molecule has 44 heavy (non-hydrogen) atoms. The number of imidazole rings is 1. The first-order chi connectivity index (χ1) is 21.1. The minimum atomic E-state index is -1.04. The summed E-state index contributed by atoms with van der Waals surface area (Å²) in [7, 11) is 0. The van der Waals surface area contributed by atoms with Crippen LogP contribution in [0, 0.1) is 0 Å². The predicted octanol–water partition coefficient (Wildman–Crippen LogP) is 5.41. The average molecular weight is 616 g/mol. The van der Waals surface area contributed by atoms with E-state index in [0.717, 1.165) is 16.7 Å². The van der Waals surface area contributed by atoms with Crippen molar-refractivity contribution in [3.63, 3.8) is 0 Å². The summed E-state index contributed by atoms with van der Waals surface area (Å²) in [6, 6.07) is 24.3. The Kier molecular flexibility index (Phi) is 11.2. The average Bonchev–Trinajstić information content (AvgIpc) is 3.55. The fourth-order valence-electron chi connectivity index (χ4n) is 4.70. The molecule has 0 bridgehead atoms. The lowest BCUT2D eigenvalue weighted by Crippen LogP contribution is -2.56. The third-order valence-electron chi connectivity index (χ3n) is 7.44. The van der Waals surface area contributed by atoms with Crippen molar-refractivity contribution >= 4 is 29.5 Å². The lowest BCUT2D eigenvalue weighted by Gasteiger charge is -2.33. The molecule has 10 heteroatoms. The molecule has 2 atom stereocenters. The van der Waals surface area contributed by atoms with Crippen LogP contribution in [-0.4, -0.2) is 51.4 Å². The highest BCUT2D eigenvalue weighted by Crippen LogP contribution is 2.22. The highest BCUT2D eigenvalue weighted by molar-refractivity contribution is 6.30. The van der Waals surface area contributed by atoms with Gasteiger partial charge in [0.25, 0.3) is 0 Å². The topological polar surface area (TPSA) is 116 Å². The fraction of sp³-hybridized carbons (Fsp3) is 0.294. The molecule has 1 aromatic heterocycles. The van der Waals surface area contributed by atoms with Crippen LogP contribution in [-0.2, 0) is 39.3 Å². The SMILES string of the molecule is CC(C(=O)NCC(C)(C)c1ccccc1)N(Cc1ccc(Cl)cc1)C(=O)C(Cc1cnc[nH]1)NC(=O)OCc1ccccc1. The summed E-state index contributed by atoms with van der Waals surface area (Å²) in [5.41, 5.74) is 2.97. The molecule has 0 aliphatic rings. The van der Waals surface area contributed by atoms with Crippen molar-refractivity contribution in [1.82, 2.24) is 25.5 Å². The Hall–Kier alpha value is -4.63. The molecule has 2 unspecified atom stereocenters. The quantitative estimate of drug-likeness (QED) is 0.186. The van der Waals surface area contributed by atoms with Gasteiger partial charge in [-0.15, -0.1) is 0 Å². The number of aromatic nitrogens is 2. The van der Waals surface area contributed by atoms with Crippen LogP contribution >= 0.6 is 11.6 Å². The molecule has 0 saturated carbocycles. The fourth-order valence-corrected chi connectivity index (χ4v) is 4.83. The lowest BCUT2D eigenvalue weighted by atomic mass is 9.84. The van der Waals surface area contributed by atoms with Gasteiger partial charge in [-0.2, -0.15) is 0 Å². The van der Waals surface area contributed by atoms with Crippen LogP contribution in [0.15, 0.2) is 97.5 Å². The summed E-state index contributed by atoms with van der Waals surface area (Å²) in [4.78, 5) is 49.2. The van der Waals surface area contributed by atoms with Crippen molar-refractivity contribution in [1.29, 1.82) is 0 Å². The smallest absolute Gasteiger partial charge is 0.408 e. The first kappa shape index (κ1) is 32.3. The second kappa shape index (κ2) is 15.2. The number of carbonyl (C=O) groups excluding carboxylic acids is 3. The normalized spacial score (nSPS) is 12.5. The number of hydrogen-bond donors (Lipinski definition) is 3. The summed E-state index contributed by atoms with van der Waals surface area (Å²) >= 11 is 6.10. The Balaban J connectivity index is 1.54. The van der Waals surface area contributed by atoms with Gasteiger partial charge in [-0.1, -0.05) is 98.2 Å². The highest BCUT2D eigenvalue weighted by Gasteiger charge is 2.34. The second-order valence-corrected chi connectivity index (χ2v) is 11.7. The van der Waals surface area contributed by atoms with Gasteiger partial charge in [0.2, 0.25) is 11.8 Å². The first-order valence-corrected chi connectivity index (χ1v) is 14.8. The van der Waals surface area contributed by atoms with Gasteiger partial charge in [0.15, 0.2) is 0 Å². The van der Waals surface area contributed by atoms with Crippen molar-refractivity contribution in [3.05, 3.63) is 125 Å². The molecule has 3 N–H and O–H groups in total. The van der Waals surface area contributed by atoms with Crippen molar-refractivity contribution in [2.24, 2.45) is 0 Å². The number of hydrogen-bond acceptors (Lipinski definition) is 5. The number of ether oxygens (including phenoxy) is 1. The number of amides is 3. The highest BCUT2D eigenvalue weighted by atomic mass is 35.5. The van der Waals surface area contributed by atoms with Crippen LogP contribution in [0.25, 0.3) is 0 Å². The Morgan fingerprint density at radius 1 is 0.955 bits per heavy atom. The molecule has 0 fully saturated rings. The molecule has 0 saturated heterocycles. The standard InChI is InChI=1S/C34H38ClN5O4/c1-24(31(41)37-22-34(2,3)27-12-8-5-9-13-27)40(20-25-14-16-28(35)17-15-25)32(42)30(18-29-19-36-23-38-29)39-33(43)44-21-26-10-6-4-7-11-26/h4-17,19,23-24,30H,18,20-22H2,1-3H3,(H,36,38)(H,37,41)(H,39,43). The molecule has 0 radical (unpaired) electrons. The Bertz CT molecular complexity index is 1500. The molecule has 0 spiro atoms. The number of alkyl carbamates (subject to hydrolysis) is 1. The number of aromatic amines is 1. The van der Waals surface area contributed by atoms with Crippen LogP contribution in [0.1, 0.15) is 43.2 Å². The number of nitrogens with zero attached hydrogens (tertiary/aromatic N) is 2. The maximum atomic E-state index is 14.2. The third kappa shape index (κ3) is 9.18. The van der Waals surface area contributed by atoms with E-state index in [9.17, 15) is 14.4 Å². The van der Waals surface area contributed by atoms with Crippen LogP contribution < -0.4 is 10.6 Å². The number of H-pyrrole nitrogens is 1. The molecular formula is C34H38ClN5O4. The summed E-state index contributed by atoms with van der Waals surface area (Å²) in [5, 5.41) is 6.31. The van der Waals surface area contributed by atoms with E-state index >= 15 is 0 Å². The van der Waals surface area contributed by atoms with E-state index in [1.165, 1.54) is 11.2 Å². The van der Waals surface area contributed by atoms with Crippen LogP contribution in [0.2, 0.25) is 5.02 Å². The largest absolute Gasteiger partial charge is 0.445 e. The molecule has 3 amide bonds. The zero-order valence-corrected chi connectivity index (χ0v) is 25.9. The number of benzene rings is 3. The van der Waals surface area contributed by atoms with Crippen molar-refractivity contribution in [2.75, 3.05) is 6.54 Å². The predicted molar refractivity (Wildman–Crippen MR) is 170 cm³/mol. The molecular weight excluding hydrogens is 578 g/mol. The van der Waals surface area contributed by atoms with Crippen LogP contribution in [0.5, 0.6) is 0 Å². The van der Waals surface area contributed by atoms with Gasteiger partial charge in [0.1, 0.15) is 18.7 Å². The minimum Gasteiger partial charge on any atom is -0.445 e. The van der Waals surface area contributed by atoms with Gasteiger partial charge in [0, 0.05) is 41.8 Å². The number of carbonyl (C=O) groups is 3. The number of nitrogens with one attached hydrogen (secondary N) is 3. The van der Waals surface area contributed by atoms with Gasteiger partial charge in [0.05, 0.1) is 6.33 Å². The molecule has 0 aliphatic carbocycles. The number of halogens is 1. The van der Waals surface area contributed by atoms with Gasteiger partial charge in [-0.05, 0) is 35.7 Å². The Morgan fingerprint density at radius 3 is 2.25 bits per heavy atom. The van der Waals surface area contributed by atoms with E-state index < -0.39 is 24.1 Å². The summed E-state index contributed by atoms with van der Waals surface area (Å²) < 4.78 is 5.42. The lowest BCUT2D eigenvalue weighted by molar-refractivity contribution is -0.142. The zero-order valence-electron chi connectivity index (χ0n) is 25.1. The van der Waals surface area contributed by atoms with Crippen LogP contribution in [0.4, 0.5) is 4.79 Å². The van der Waals surface area contributed by atoms with E-state index in [4.69, 9.17) is 16.3 Å². The Labute approximate surface area is 263 Å². The summed E-state index contributed by atoms with van der Waals surface area (Å²) in [6.45, 7) is 6.31. The molecule has 4 aromatic rings. The monoisotopic (exact) mass is 615 g/mol. The third-order valence-corrected chi connectivity index (χ3v) is 7.69. The molecule has 1 heterocycles. The van der Waals surface area contributed by atoms with E-state index in [0.29, 0.717) is 17.3 Å². The van der Waals surface area contributed by atoms with E-state index in [1.807, 2.05) is 60.7 Å². The summed E-state index contributed by atoms with van der Waals surface area (Å²) in [5.74, 6) is -0.764. The van der Waals surface area contributed by atoms with Gasteiger partial charge >= 0.3 is 6.09 Å². The van der Waals surface area contributed by atoms with Crippen molar-refractivity contribution in [2.45, 2.75) is 57.8 Å².